The van der Waals surface area contributed by atoms with E-state index in [1.165, 1.54) is 0 Å². The van der Waals surface area contributed by atoms with Crippen molar-refractivity contribution in [1.82, 2.24) is 0 Å². The summed E-state index contributed by atoms with van der Waals surface area (Å²) in [5, 5.41) is 0. The maximum absolute atomic E-state index is 3.64. The Hall–Kier alpha value is 0.1000. The first kappa shape index (κ1) is 14.5. The molecule has 0 bridgehead atoms. The zero-order valence-electron chi connectivity index (χ0n) is 9.13. The molecule has 2 aromatic carbocycles. The lowest BCUT2D eigenvalue weighted by molar-refractivity contribution is 1.59. The van der Waals surface area contributed by atoms with Crippen molar-refractivity contribution in [2.45, 2.75) is 0 Å². The highest BCUT2D eigenvalue weighted by molar-refractivity contribution is 9.18. The van der Waals surface area contributed by atoms with Crippen LogP contribution in [0, 0.1) is 0 Å². The Kier molecular flexibility index (Phi) is 5.24. The summed E-state index contributed by atoms with van der Waals surface area (Å²) < 4.78 is 4.18. The molecule has 2 rings (SSSR count). The maximum atomic E-state index is 3.64. The van der Waals surface area contributed by atoms with Crippen molar-refractivity contribution in [2.24, 2.45) is 0 Å². The smallest absolute Gasteiger partial charge is 0.0396 e. The Bertz CT molecular complexity index is 549. The zero-order chi connectivity index (χ0) is 13.1. The fourth-order valence-corrected chi connectivity index (χ4v) is 3.25. The second kappa shape index (κ2) is 6.51. The highest BCUT2D eigenvalue weighted by atomic mass is 79.9. The first-order chi connectivity index (χ1) is 8.58. The zero-order valence-corrected chi connectivity index (χ0v) is 15.5. The van der Waals surface area contributed by atoms with Gasteiger partial charge in [-0.2, -0.15) is 0 Å². The van der Waals surface area contributed by atoms with E-state index in [0.717, 1.165) is 29.0 Å². The lowest BCUT2D eigenvalue weighted by atomic mass is 10.1. The van der Waals surface area contributed by atoms with Crippen LogP contribution in [0.4, 0.5) is 0 Å². The minimum atomic E-state index is 1.03. The van der Waals surface area contributed by atoms with Gasteiger partial charge in [0.25, 0.3) is 0 Å². The van der Waals surface area contributed by atoms with Gasteiger partial charge < -0.3 is 0 Å². The third kappa shape index (κ3) is 3.56. The molecule has 0 spiro atoms. The Morgan fingerprint density at radius 3 is 1.39 bits per heavy atom. The number of rotatable bonds is 2. The average molecular weight is 496 g/mol. The fraction of sp³-hybridized carbons (Fsp3) is 0. The van der Waals surface area contributed by atoms with Gasteiger partial charge in [-0.05, 0) is 67.3 Å². The lowest BCUT2D eigenvalue weighted by Crippen LogP contribution is -1.82. The van der Waals surface area contributed by atoms with Crippen LogP contribution >= 0.6 is 63.7 Å². The largest absolute Gasteiger partial charge is 0.0605 e. The molecule has 0 heterocycles. The molecule has 4 heteroatoms. The summed E-state index contributed by atoms with van der Waals surface area (Å²) in [6.07, 6.45) is 0. The third-order valence-electron chi connectivity index (χ3n) is 2.35. The van der Waals surface area contributed by atoms with Crippen molar-refractivity contribution in [2.75, 3.05) is 0 Å². The summed E-state index contributed by atoms with van der Waals surface area (Å²) in [7, 11) is 0. The topological polar surface area (TPSA) is 0 Å². The summed E-state index contributed by atoms with van der Waals surface area (Å²) in [6, 6.07) is 16.3. The summed E-state index contributed by atoms with van der Waals surface area (Å²) in [6.45, 7) is 0. The molecule has 0 aliphatic heterocycles. The van der Waals surface area contributed by atoms with Crippen molar-refractivity contribution >= 4 is 72.7 Å². The molecule has 0 amide bonds. The lowest BCUT2D eigenvalue weighted by Gasteiger charge is -2.06. The molecule has 0 radical (unpaired) electrons. The predicted octanol–water partition coefficient (Wildman–Crippen LogP) is 6.83. The maximum Gasteiger partial charge on any atom is 0.0396 e. The molecule has 0 saturated heterocycles. The number of benzene rings is 2. The first-order valence-corrected chi connectivity index (χ1v) is 8.32. The van der Waals surface area contributed by atoms with Crippen LogP contribution < -0.4 is 0 Å². The van der Waals surface area contributed by atoms with Gasteiger partial charge in [0, 0.05) is 17.9 Å². The molecule has 0 saturated carbocycles. The van der Waals surface area contributed by atoms with Crippen LogP contribution in [0.5, 0.6) is 0 Å². The van der Waals surface area contributed by atoms with Crippen molar-refractivity contribution in [3.05, 3.63) is 68.6 Å². The summed E-state index contributed by atoms with van der Waals surface area (Å²) >= 11 is 14.2. The molecular formula is C14H8Br4. The van der Waals surface area contributed by atoms with Crippen LogP contribution in [0.1, 0.15) is 11.1 Å². The van der Waals surface area contributed by atoms with Crippen LogP contribution in [0.15, 0.2) is 57.5 Å². The van der Waals surface area contributed by atoms with Crippen LogP contribution in [0.3, 0.4) is 0 Å². The molecule has 18 heavy (non-hydrogen) atoms. The molecule has 2 aromatic rings. The van der Waals surface area contributed by atoms with Crippen molar-refractivity contribution in [3.63, 3.8) is 0 Å². The third-order valence-corrected chi connectivity index (χ3v) is 5.58. The standard InChI is InChI=1S/C14H8Br4/c15-11-5-1-3-9(7-11)13(17)14(18)10-4-2-6-12(16)8-10/h1-8H/b14-13-. The molecular weight excluding hydrogens is 488 g/mol. The minimum Gasteiger partial charge on any atom is -0.0605 e. The second-order valence-corrected chi connectivity index (χ2v) is 7.07. The molecule has 0 aliphatic carbocycles. The predicted molar refractivity (Wildman–Crippen MR) is 93.0 cm³/mol. The molecule has 0 N–H and O–H groups in total. The van der Waals surface area contributed by atoms with Gasteiger partial charge in [0.2, 0.25) is 0 Å². The van der Waals surface area contributed by atoms with Crippen molar-refractivity contribution < 1.29 is 0 Å². The second-order valence-electron chi connectivity index (χ2n) is 3.65. The normalized spacial score (nSPS) is 12.2. The van der Waals surface area contributed by atoms with Crippen LogP contribution in [-0.2, 0) is 0 Å². The van der Waals surface area contributed by atoms with Gasteiger partial charge in [-0.1, -0.05) is 56.1 Å². The number of hydrogen-bond donors (Lipinski definition) is 0. The van der Waals surface area contributed by atoms with E-state index >= 15 is 0 Å². The van der Waals surface area contributed by atoms with E-state index in [1.54, 1.807) is 0 Å². The van der Waals surface area contributed by atoms with Gasteiger partial charge >= 0.3 is 0 Å². The summed E-state index contributed by atoms with van der Waals surface area (Å²) in [5.41, 5.74) is 2.24. The fourth-order valence-electron chi connectivity index (χ4n) is 1.50. The molecule has 92 valence electrons. The molecule has 0 aromatic heterocycles. The highest BCUT2D eigenvalue weighted by Crippen LogP contribution is 2.36. The molecule has 0 aliphatic rings. The van der Waals surface area contributed by atoms with Gasteiger partial charge in [-0.25, -0.2) is 0 Å². The van der Waals surface area contributed by atoms with Crippen molar-refractivity contribution in [1.29, 1.82) is 0 Å². The van der Waals surface area contributed by atoms with E-state index in [9.17, 15) is 0 Å². The molecule has 0 nitrogen and oxygen atoms in total. The Labute approximate surface area is 140 Å². The highest BCUT2D eigenvalue weighted by Gasteiger charge is 2.07. The summed E-state index contributed by atoms with van der Waals surface area (Å²) in [5.74, 6) is 0. The van der Waals surface area contributed by atoms with Crippen molar-refractivity contribution in [3.8, 4) is 0 Å². The van der Waals surface area contributed by atoms with Gasteiger partial charge in [0.1, 0.15) is 0 Å². The Morgan fingerprint density at radius 2 is 1.06 bits per heavy atom. The molecule has 0 fully saturated rings. The molecule has 0 atom stereocenters. The van der Waals surface area contributed by atoms with Gasteiger partial charge in [0.15, 0.2) is 0 Å². The molecule has 0 unspecified atom stereocenters. The van der Waals surface area contributed by atoms with Gasteiger partial charge in [0.05, 0.1) is 0 Å². The quantitative estimate of drug-likeness (QED) is 0.401. The Morgan fingerprint density at radius 1 is 0.667 bits per heavy atom. The van der Waals surface area contributed by atoms with E-state index < -0.39 is 0 Å². The van der Waals surface area contributed by atoms with Gasteiger partial charge in [-0.15, -0.1) is 0 Å². The van der Waals surface area contributed by atoms with E-state index in [1.807, 2.05) is 24.3 Å². The van der Waals surface area contributed by atoms with Crippen LogP contribution in [0.2, 0.25) is 0 Å². The Balaban J connectivity index is 2.47. The number of halogens is 4. The van der Waals surface area contributed by atoms with Crippen LogP contribution in [-0.4, -0.2) is 0 Å². The van der Waals surface area contributed by atoms with E-state index in [-0.39, 0.29) is 0 Å². The monoisotopic (exact) mass is 492 g/mol. The van der Waals surface area contributed by atoms with E-state index in [0.29, 0.717) is 0 Å². The summed E-state index contributed by atoms with van der Waals surface area (Å²) in [4.78, 5) is 0. The first-order valence-electron chi connectivity index (χ1n) is 5.15. The number of hydrogen-bond acceptors (Lipinski definition) is 0. The van der Waals surface area contributed by atoms with Gasteiger partial charge in [-0.3, -0.25) is 0 Å². The average Bonchev–Trinajstić information content (AvgIpc) is 2.37. The minimum absolute atomic E-state index is 1.03. The SMILES string of the molecule is Br/C(=C(\Br)c1cccc(Br)c1)c1cccc(Br)c1. The van der Waals surface area contributed by atoms with E-state index in [4.69, 9.17) is 0 Å². The van der Waals surface area contributed by atoms with Crippen LogP contribution in [0.25, 0.3) is 8.96 Å². The van der Waals surface area contributed by atoms with E-state index in [2.05, 4.69) is 88.0 Å².